The van der Waals surface area contributed by atoms with Crippen LogP contribution in [0, 0.1) is 5.92 Å². The van der Waals surface area contributed by atoms with Crippen molar-refractivity contribution in [3.8, 4) is 0 Å². The molecular formula is C11H14BrClN2O. The molecule has 0 atom stereocenters. The van der Waals surface area contributed by atoms with Crippen molar-refractivity contribution in [1.29, 1.82) is 0 Å². The molecule has 0 spiro atoms. The van der Waals surface area contributed by atoms with E-state index in [9.17, 15) is 0 Å². The van der Waals surface area contributed by atoms with E-state index in [1.807, 2.05) is 6.07 Å². The van der Waals surface area contributed by atoms with Gasteiger partial charge in [-0.3, -0.25) is 0 Å². The smallest absolute Gasteiger partial charge is 0.140 e. The normalized spacial score (nSPS) is 17.4. The van der Waals surface area contributed by atoms with Crippen LogP contribution in [-0.2, 0) is 4.74 Å². The molecule has 1 aromatic heterocycles. The molecule has 1 saturated heterocycles. The highest BCUT2D eigenvalue weighted by Gasteiger charge is 2.14. The van der Waals surface area contributed by atoms with Crippen molar-refractivity contribution >= 4 is 33.3 Å². The van der Waals surface area contributed by atoms with Crippen LogP contribution < -0.4 is 5.32 Å². The number of hydrogen-bond acceptors (Lipinski definition) is 3. The topological polar surface area (TPSA) is 34.2 Å². The molecule has 16 heavy (non-hydrogen) atoms. The molecule has 0 radical (unpaired) electrons. The number of hydrogen-bond donors (Lipinski definition) is 1. The third-order valence-corrected chi connectivity index (χ3v) is 3.52. The Kier molecular flexibility index (Phi) is 4.44. The summed E-state index contributed by atoms with van der Waals surface area (Å²) in [7, 11) is 0. The van der Waals surface area contributed by atoms with Gasteiger partial charge in [0, 0.05) is 26.0 Å². The Bertz CT molecular complexity index is 356. The van der Waals surface area contributed by atoms with E-state index in [0.29, 0.717) is 10.9 Å². The largest absolute Gasteiger partial charge is 0.381 e. The van der Waals surface area contributed by atoms with E-state index in [4.69, 9.17) is 16.3 Å². The van der Waals surface area contributed by atoms with Crippen LogP contribution in [-0.4, -0.2) is 24.7 Å². The van der Waals surface area contributed by atoms with Gasteiger partial charge in [-0.2, -0.15) is 0 Å². The molecule has 2 rings (SSSR count). The van der Waals surface area contributed by atoms with Gasteiger partial charge in [-0.05, 0) is 40.8 Å². The molecule has 0 aromatic carbocycles. The van der Waals surface area contributed by atoms with Crippen molar-refractivity contribution in [2.75, 3.05) is 25.1 Å². The lowest BCUT2D eigenvalue weighted by atomic mass is 10.0. The van der Waals surface area contributed by atoms with Crippen molar-refractivity contribution in [2.24, 2.45) is 5.92 Å². The first-order valence-electron chi connectivity index (χ1n) is 5.38. The van der Waals surface area contributed by atoms with E-state index in [1.165, 1.54) is 0 Å². The van der Waals surface area contributed by atoms with Crippen molar-refractivity contribution in [1.82, 2.24) is 4.98 Å². The summed E-state index contributed by atoms with van der Waals surface area (Å²) in [5.41, 5.74) is 0. The van der Waals surface area contributed by atoms with E-state index in [0.717, 1.165) is 42.9 Å². The number of pyridine rings is 1. The molecule has 88 valence electrons. The second-order valence-electron chi connectivity index (χ2n) is 3.92. The molecule has 0 bridgehead atoms. The van der Waals surface area contributed by atoms with E-state index >= 15 is 0 Å². The van der Waals surface area contributed by atoms with Crippen LogP contribution in [0.5, 0.6) is 0 Å². The van der Waals surface area contributed by atoms with E-state index in [1.54, 1.807) is 6.20 Å². The maximum Gasteiger partial charge on any atom is 0.140 e. The third kappa shape index (κ3) is 3.34. The molecule has 1 aliphatic heterocycles. The monoisotopic (exact) mass is 304 g/mol. The second-order valence-corrected chi connectivity index (χ2v) is 5.21. The lowest BCUT2D eigenvalue weighted by Crippen LogP contribution is -2.23. The molecular weight excluding hydrogens is 291 g/mol. The minimum absolute atomic E-state index is 0.642. The predicted octanol–water partition coefficient (Wildman–Crippen LogP) is 3.34. The Labute approximate surface area is 109 Å². The molecule has 2 heterocycles. The van der Waals surface area contributed by atoms with Crippen molar-refractivity contribution in [3.05, 3.63) is 21.8 Å². The van der Waals surface area contributed by atoms with Gasteiger partial charge in [-0.1, -0.05) is 11.6 Å². The SMILES string of the molecule is Clc1cnc(NCC2CCOCC2)c(Br)c1. The molecule has 0 aliphatic carbocycles. The number of aromatic nitrogens is 1. The first-order chi connectivity index (χ1) is 7.75. The van der Waals surface area contributed by atoms with Crippen LogP contribution >= 0.6 is 27.5 Å². The summed E-state index contributed by atoms with van der Waals surface area (Å²) < 4.78 is 6.23. The van der Waals surface area contributed by atoms with E-state index < -0.39 is 0 Å². The Morgan fingerprint density at radius 1 is 1.50 bits per heavy atom. The number of halogens is 2. The first-order valence-corrected chi connectivity index (χ1v) is 6.55. The summed E-state index contributed by atoms with van der Waals surface area (Å²) in [6.45, 7) is 2.69. The lowest BCUT2D eigenvalue weighted by molar-refractivity contribution is 0.0699. The summed E-state index contributed by atoms with van der Waals surface area (Å²) in [6.07, 6.45) is 3.90. The standard InChI is InChI=1S/C11H14BrClN2O/c12-10-5-9(13)7-15-11(10)14-6-8-1-3-16-4-2-8/h5,7-8H,1-4,6H2,(H,14,15). The summed E-state index contributed by atoms with van der Waals surface area (Å²) in [5, 5.41) is 3.98. The predicted molar refractivity (Wildman–Crippen MR) is 69.0 cm³/mol. The van der Waals surface area contributed by atoms with Gasteiger partial charge < -0.3 is 10.1 Å². The fraction of sp³-hybridized carbons (Fsp3) is 0.545. The molecule has 0 saturated carbocycles. The van der Waals surface area contributed by atoms with E-state index in [-0.39, 0.29) is 0 Å². The van der Waals surface area contributed by atoms with Gasteiger partial charge in [0.15, 0.2) is 0 Å². The van der Waals surface area contributed by atoms with Crippen LogP contribution in [0.3, 0.4) is 0 Å². The van der Waals surface area contributed by atoms with Gasteiger partial charge in [-0.25, -0.2) is 4.98 Å². The van der Waals surface area contributed by atoms with Gasteiger partial charge in [-0.15, -0.1) is 0 Å². The summed E-state index contributed by atoms with van der Waals surface area (Å²) in [4.78, 5) is 4.24. The number of rotatable bonds is 3. The molecule has 5 heteroatoms. The molecule has 1 aliphatic rings. The molecule has 0 amide bonds. The van der Waals surface area contributed by atoms with Gasteiger partial charge >= 0.3 is 0 Å². The number of nitrogens with zero attached hydrogens (tertiary/aromatic N) is 1. The van der Waals surface area contributed by atoms with Gasteiger partial charge in [0.2, 0.25) is 0 Å². The van der Waals surface area contributed by atoms with Crippen LogP contribution in [0.2, 0.25) is 5.02 Å². The number of anilines is 1. The Hall–Kier alpha value is -0.320. The van der Waals surface area contributed by atoms with Gasteiger partial charge in [0.25, 0.3) is 0 Å². The summed E-state index contributed by atoms with van der Waals surface area (Å²) >= 11 is 9.27. The maximum atomic E-state index is 5.83. The van der Waals surface area contributed by atoms with E-state index in [2.05, 4.69) is 26.2 Å². The minimum Gasteiger partial charge on any atom is -0.381 e. The Morgan fingerprint density at radius 3 is 2.94 bits per heavy atom. The van der Waals surface area contributed by atoms with Crippen LogP contribution in [0.25, 0.3) is 0 Å². The fourth-order valence-corrected chi connectivity index (χ4v) is 2.52. The van der Waals surface area contributed by atoms with Crippen molar-refractivity contribution in [2.45, 2.75) is 12.8 Å². The third-order valence-electron chi connectivity index (χ3n) is 2.71. The van der Waals surface area contributed by atoms with Crippen LogP contribution in [0.4, 0.5) is 5.82 Å². The Morgan fingerprint density at radius 2 is 2.25 bits per heavy atom. The van der Waals surface area contributed by atoms with Crippen molar-refractivity contribution < 1.29 is 4.74 Å². The van der Waals surface area contributed by atoms with Gasteiger partial charge in [0.1, 0.15) is 5.82 Å². The van der Waals surface area contributed by atoms with Crippen molar-refractivity contribution in [3.63, 3.8) is 0 Å². The number of nitrogens with one attached hydrogen (secondary N) is 1. The Balaban J connectivity index is 1.88. The number of ether oxygens (including phenoxy) is 1. The maximum absolute atomic E-state index is 5.83. The highest BCUT2D eigenvalue weighted by atomic mass is 79.9. The van der Waals surface area contributed by atoms with Crippen LogP contribution in [0.1, 0.15) is 12.8 Å². The summed E-state index contributed by atoms with van der Waals surface area (Å²) in [5.74, 6) is 1.54. The lowest BCUT2D eigenvalue weighted by Gasteiger charge is -2.22. The first kappa shape index (κ1) is 12.1. The van der Waals surface area contributed by atoms with Crippen LogP contribution in [0.15, 0.2) is 16.7 Å². The molecule has 0 unspecified atom stereocenters. The molecule has 1 N–H and O–H groups in total. The van der Waals surface area contributed by atoms with Gasteiger partial charge in [0.05, 0.1) is 9.50 Å². The highest BCUT2D eigenvalue weighted by molar-refractivity contribution is 9.10. The molecule has 1 fully saturated rings. The zero-order chi connectivity index (χ0) is 11.4. The zero-order valence-corrected chi connectivity index (χ0v) is 11.2. The average Bonchev–Trinajstić information content (AvgIpc) is 2.29. The fourth-order valence-electron chi connectivity index (χ4n) is 1.74. The molecule has 3 nitrogen and oxygen atoms in total. The minimum atomic E-state index is 0.642. The second kappa shape index (κ2) is 5.84. The zero-order valence-electron chi connectivity index (χ0n) is 8.88. The quantitative estimate of drug-likeness (QED) is 0.930. The summed E-state index contributed by atoms with van der Waals surface area (Å²) in [6, 6.07) is 1.85. The highest BCUT2D eigenvalue weighted by Crippen LogP contribution is 2.24. The average molecular weight is 306 g/mol. The molecule has 1 aromatic rings.